The van der Waals surface area contributed by atoms with E-state index < -0.39 is 10.0 Å². The molecule has 0 spiro atoms. The molecule has 1 aromatic rings. The summed E-state index contributed by atoms with van der Waals surface area (Å²) in [4.78, 5) is 0. The highest BCUT2D eigenvalue weighted by atomic mass is 32.2. The van der Waals surface area contributed by atoms with Gasteiger partial charge in [0.25, 0.3) is 0 Å². The number of hydrogen-bond donors (Lipinski definition) is 2. The molecule has 0 bridgehead atoms. The fourth-order valence-electron chi connectivity index (χ4n) is 2.59. The molecule has 0 radical (unpaired) electrons. The number of benzene rings is 1. The molecule has 3 rings (SSSR count). The maximum Gasteiger partial charge on any atom is 0.215 e. The zero-order valence-electron chi connectivity index (χ0n) is 11.8. The average molecular weight is 312 g/mol. The lowest BCUT2D eigenvalue weighted by atomic mass is 10.1. The molecule has 2 N–H and O–H groups in total. The van der Waals surface area contributed by atoms with Gasteiger partial charge in [0, 0.05) is 13.1 Å². The van der Waals surface area contributed by atoms with E-state index in [-0.39, 0.29) is 5.25 Å². The Morgan fingerprint density at radius 1 is 1.24 bits per heavy atom. The fraction of sp³-hybridized carbons (Fsp3) is 0.571. The maximum absolute atomic E-state index is 12.1. The highest BCUT2D eigenvalue weighted by Gasteiger charge is 2.27. The van der Waals surface area contributed by atoms with Crippen molar-refractivity contribution in [1.82, 2.24) is 10.0 Å². The zero-order valence-corrected chi connectivity index (χ0v) is 12.6. The van der Waals surface area contributed by atoms with E-state index in [1.54, 1.807) is 0 Å². The number of ether oxygens (including phenoxy) is 2. The molecule has 1 unspecified atom stereocenters. The Morgan fingerprint density at radius 3 is 2.81 bits per heavy atom. The van der Waals surface area contributed by atoms with Crippen LogP contribution in [0.15, 0.2) is 18.2 Å². The summed E-state index contributed by atoms with van der Waals surface area (Å²) >= 11 is 0. The number of hydrogen-bond acceptors (Lipinski definition) is 5. The summed E-state index contributed by atoms with van der Waals surface area (Å²) in [5.41, 5.74) is 1.03. The van der Waals surface area contributed by atoms with E-state index in [0.29, 0.717) is 39.1 Å². The van der Waals surface area contributed by atoms with Crippen LogP contribution < -0.4 is 19.5 Å². The number of sulfonamides is 1. The Balaban J connectivity index is 1.55. The van der Waals surface area contributed by atoms with Gasteiger partial charge in [0.05, 0.1) is 5.25 Å². The highest BCUT2D eigenvalue weighted by molar-refractivity contribution is 7.90. The fourth-order valence-corrected chi connectivity index (χ4v) is 3.98. The summed E-state index contributed by atoms with van der Waals surface area (Å²) in [5, 5.41) is 2.76. The van der Waals surface area contributed by atoms with Gasteiger partial charge in [0.15, 0.2) is 11.5 Å². The quantitative estimate of drug-likeness (QED) is 0.817. The van der Waals surface area contributed by atoms with Gasteiger partial charge in [-0.25, -0.2) is 13.1 Å². The first kappa shape index (κ1) is 14.6. The molecule has 2 heterocycles. The van der Waals surface area contributed by atoms with Crippen LogP contribution in [-0.4, -0.2) is 46.5 Å². The zero-order chi connectivity index (χ0) is 14.7. The number of nitrogens with one attached hydrogen (secondary N) is 2. The van der Waals surface area contributed by atoms with Gasteiger partial charge in [0.1, 0.15) is 13.2 Å². The van der Waals surface area contributed by atoms with Crippen molar-refractivity contribution >= 4 is 10.0 Å². The van der Waals surface area contributed by atoms with Crippen LogP contribution in [-0.2, 0) is 16.4 Å². The van der Waals surface area contributed by atoms with Crippen molar-refractivity contribution < 1.29 is 17.9 Å². The molecule has 2 aliphatic heterocycles. The van der Waals surface area contributed by atoms with Crippen molar-refractivity contribution in [1.29, 1.82) is 0 Å². The van der Waals surface area contributed by atoms with Crippen molar-refractivity contribution in [3.8, 4) is 11.5 Å². The van der Waals surface area contributed by atoms with Gasteiger partial charge in [-0.15, -0.1) is 0 Å². The molecule has 0 saturated carbocycles. The van der Waals surface area contributed by atoms with Crippen LogP contribution in [0.2, 0.25) is 0 Å². The van der Waals surface area contributed by atoms with Crippen LogP contribution in [0.3, 0.4) is 0 Å². The lowest BCUT2D eigenvalue weighted by Crippen LogP contribution is -2.36. The van der Waals surface area contributed by atoms with Crippen LogP contribution in [0, 0.1) is 0 Å². The minimum absolute atomic E-state index is 0.308. The molecular weight excluding hydrogens is 292 g/mol. The van der Waals surface area contributed by atoms with Crippen LogP contribution in [0.1, 0.15) is 12.0 Å². The van der Waals surface area contributed by atoms with Crippen molar-refractivity contribution in [3.63, 3.8) is 0 Å². The first-order chi connectivity index (χ1) is 10.1. The van der Waals surface area contributed by atoms with E-state index in [1.807, 2.05) is 18.2 Å². The Bertz CT molecular complexity index is 597. The van der Waals surface area contributed by atoms with E-state index in [4.69, 9.17) is 9.47 Å². The first-order valence-electron chi connectivity index (χ1n) is 7.23. The molecule has 1 atom stereocenters. The predicted molar refractivity (Wildman–Crippen MR) is 79.3 cm³/mol. The van der Waals surface area contributed by atoms with Gasteiger partial charge >= 0.3 is 0 Å². The smallest absolute Gasteiger partial charge is 0.215 e. The van der Waals surface area contributed by atoms with E-state index in [0.717, 1.165) is 23.6 Å². The Kier molecular flexibility index (Phi) is 4.32. The van der Waals surface area contributed by atoms with Gasteiger partial charge in [-0.3, -0.25) is 0 Å². The second-order valence-electron chi connectivity index (χ2n) is 5.28. The summed E-state index contributed by atoms with van der Waals surface area (Å²) < 4.78 is 37.8. The summed E-state index contributed by atoms with van der Waals surface area (Å²) in [5.74, 6) is 1.49. The molecule has 21 heavy (non-hydrogen) atoms. The normalized spacial score (nSPS) is 21.4. The van der Waals surface area contributed by atoms with Crippen LogP contribution in [0.4, 0.5) is 0 Å². The third-order valence-corrected chi connectivity index (χ3v) is 5.66. The van der Waals surface area contributed by atoms with E-state index in [9.17, 15) is 8.42 Å². The minimum Gasteiger partial charge on any atom is -0.486 e. The van der Waals surface area contributed by atoms with Crippen molar-refractivity contribution in [2.45, 2.75) is 18.1 Å². The van der Waals surface area contributed by atoms with Crippen molar-refractivity contribution in [2.24, 2.45) is 0 Å². The van der Waals surface area contributed by atoms with Gasteiger partial charge in [0.2, 0.25) is 10.0 Å². The van der Waals surface area contributed by atoms with Gasteiger partial charge in [-0.1, -0.05) is 6.07 Å². The topological polar surface area (TPSA) is 76.7 Å². The first-order valence-corrected chi connectivity index (χ1v) is 8.77. The molecule has 1 aromatic carbocycles. The third-order valence-electron chi connectivity index (χ3n) is 3.78. The van der Waals surface area contributed by atoms with Gasteiger partial charge in [-0.05, 0) is 37.1 Å². The summed E-state index contributed by atoms with van der Waals surface area (Å²) in [7, 11) is -3.22. The lowest BCUT2D eigenvalue weighted by molar-refractivity contribution is 0.171. The summed E-state index contributed by atoms with van der Waals surface area (Å²) in [6, 6.07) is 5.73. The molecule has 2 aliphatic rings. The largest absolute Gasteiger partial charge is 0.486 e. The molecule has 0 amide bonds. The van der Waals surface area contributed by atoms with E-state index in [2.05, 4.69) is 10.0 Å². The van der Waals surface area contributed by atoms with E-state index in [1.165, 1.54) is 0 Å². The molecule has 7 heteroatoms. The van der Waals surface area contributed by atoms with E-state index >= 15 is 0 Å². The molecule has 6 nitrogen and oxygen atoms in total. The van der Waals surface area contributed by atoms with Crippen molar-refractivity contribution in [3.05, 3.63) is 23.8 Å². The van der Waals surface area contributed by atoms with Crippen LogP contribution >= 0.6 is 0 Å². The Morgan fingerprint density at radius 2 is 2.05 bits per heavy atom. The second-order valence-corrected chi connectivity index (χ2v) is 7.33. The SMILES string of the molecule is O=S(=O)(NCCc1ccc2c(c1)OCCO2)C1CCNC1. The van der Waals surface area contributed by atoms with Gasteiger partial charge < -0.3 is 14.8 Å². The van der Waals surface area contributed by atoms with Crippen molar-refractivity contribution in [2.75, 3.05) is 32.8 Å². The number of rotatable bonds is 5. The molecule has 0 aliphatic carbocycles. The number of fused-ring (bicyclic) bond motifs is 1. The average Bonchev–Trinajstić information content (AvgIpc) is 3.02. The Hall–Kier alpha value is -1.31. The maximum atomic E-state index is 12.1. The standard InChI is InChI=1S/C14H20N2O4S/c17-21(18,12-4-5-15-10-12)16-6-3-11-1-2-13-14(9-11)20-8-7-19-13/h1-2,9,12,15-16H,3-8,10H2. The molecule has 1 fully saturated rings. The van der Waals surface area contributed by atoms with Crippen LogP contribution in [0.25, 0.3) is 0 Å². The molecule has 0 aromatic heterocycles. The molecule has 1 saturated heterocycles. The molecular formula is C14H20N2O4S. The van der Waals surface area contributed by atoms with Gasteiger partial charge in [-0.2, -0.15) is 0 Å². The van der Waals surface area contributed by atoms with Crippen LogP contribution in [0.5, 0.6) is 11.5 Å². The summed E-state index contributed by atoms with van der Waals surface area (Å²) in [6.45, 7) is 2.84. The highest BCUT2D eigenvalue weighted by Crippen LogP contribution is 2.30. The molecule has 116 valence electrons. The summed E-state index contributed by atoms with van der Waals surface area (Å²) in [6.07, 6.45) is 1.31. The monoisotopic (exact) mass is 312 g/mol. The second kappa shape index (κ2) is 6.21. The predicted octanol–water partition coefficient (Wildman–Crippen LogP) is 0.282. The third kappa shape index (κ3) is 3.48. The Labute approximate surface area is 124 Å². The lowest BCUT2D eigenvalue weighted by Gasteiger charge is -2.19. The minimum atomic E-state index is -3.22.